The smallest absolute Gasteiger partial charge is 0.319 e. The normalized spacial score (nSPS) is 20.4. The Kier molecular flexibility index (Phi) is 4.06. The van der Waals surface area contributed by atoms with Crippen molar-refractivity contribution < 1.29 is 14.6 Å². The van der Waals surface area contributed by atoms with E-state index in [1.165, 1.54) is 11.8 Å². The summed E-state index contributed by atoms with van der Waals surface area (Å²) in [7, 11) is 1.64. The molecule has 0 spiro atoms. The van der Waals surface area contributed by atoms with Crippen molar-refractivity contribution in [3.8, 4) is 0 Å². The first-order valence-electron chi connectivity index (χ1n) is 4.57. The number of aliphatic carboxylic acids is 1. The van der Waals surface area contributed by atoms with Gasteiger partial charge in [0.1, 0.15) is 4.75 Å². The molecule has 13 heavy (non-hydrogen) atoms. The summed E-state index contributed by atoms with van der Waals surface area (Å²) in [6.45, 7) is 0.639. The molecule has 1 rings (SSSR count). The molecule has 0 saturated heterocycles. The van der Waals surface area contributed by atoms with Crippen LogP contribution in [-0.4, -0.2) is 35.3 Å². The minimum atomic E-state index is -0.647. The summed E-state index contributed by atoms with van der Waals surface area (Å²) in [6.07, 6.45) is 3.73. The molecule has 0 amide bonds. The third kappa shape index (κ3) is 2.61. The lowest BCUT2D eigenvalue weighted by atomic mass is 10.1. The van der Waals surface area contributed by atoms with Crippen molar-refractivity contribution in [1.82, 2.24) is 0 Å². The van der Waals surface area contributed by atoms with Crippen LogP contribution in [-0.2, 0) is 9.53 Å². The Balaban J connectivity index is 2.43. The lowest BCUT2D eigenvalue weighted by Gasteiger charge is -2.22. The Hall–Kier alpha value is -0.220. The molecule has 0 aromatic rings. The van der Waals surface area contributed by atoms with E-state index < -0.39 is 10.7 Å². The van der Waals surface area contributed by atoms with Crippen molar-refractivity contribution in [3.05, 3.63) is 0 Å². The summed E-state index contributed by atoms with van der Waals surface area (Å²) in [5, 5.41) is 9.10. The van der Waals surface area contributed by atoms with Gasteiger partial charge in [-0.05, 0) is 12.8 Å². The van der Waals surface area contributed by atoms with Gasteiger partial charge in [0.25, 0.3) is 0 Å². The van der Waals surface area contributed by atoms with Crippen LogP contribution in [0.25, 0.3) is 0 Å². The summed E-state index contributed by atoms with van der Waals surface area (Å²) in [6, 6.07) is 0. The fraction of sp³-hybridized carbons (Fsp3) is 0.889. The molecule has 0 heterocycles. The summed E-state index contributed by atoms with van der Waals surface area (Å²) in [5.74, 6) is 0.133. The van der Waals surface area contributed by atoms with E-state index in [1.807, 2.05) is 0 Å². The number of carbonyl (C=O) groups is 1. The predicted molar refractivity (Wildman–Crippen MR) is 53.2 cm³/mol. The fourth-order valence-electron chi connectivity index (χ4n) is 1.69. The van der Waals surface area contributed by atoms with Gasteiger partial charge < -0.3 is 9.84 Å². The number of carboxylic acids is 1. The van der Waals surface area contributed by atoms with E-state index in [-0.39, 0.29) is 0 Å². The molecule has 0 aromatic heterocycles. The maximum absolute atomic E-state index is 11.1. The number of thioether (sulfide) groups is 1. The van der Waals surface area contributed by atoms with E-state index in [0.717, 1.165) is 31.4 Å². The van der Waals surface area contributed by atoms with Crippen LogP contribution in [0.5, 0.6) is 0 Å². The minimum Gasteiger partial charge on any atom is -0.480 e. The molecule has 1 fully saturated rings. The van der Waals surface area contributed by atoms with Gasteiger partial charge >= 0.3 is 5.97 Å². The predicted octanol–water partition coefficient (Wildman–Crippen LogP) is 1.76. The largest absolute Gasteiger partial charge is 0.480 e. The number of ether oxygens (including phenoxy) is 1. The molecule has 1 aliphatic rings. The van der Waals surface area contributed by atoms with E-state index in [2.05, 4.69) is 0 Å². The van der Waals surface area contributed by atoms with Crippen molar-refractivity contribution >= 4 is 17.7 Å². The van der Waals surface area contributed by atoms with Crippen LogP contribution >= 0.6 is 11.8 Å². The van der Waals surface area contributed by atoms with Crippen molar-refractivity contribution in [2.45, 2.75) is 30.4 Å². The first-order chi connectivity index (χ1) is 6.21. The molecule has 4 heteroatoms. The molecular weight excluding hydrogens is 188 g/mol. The molecule has 1 aliphatic carbocycles. The maximum atomic E-state index is 11.1. The SMILES string of the molecule is COCCSC1(C(=O)O)CCCC1. The summed E-state index contributed by atoms with van der Waals surface area (Å²) >= 11 is 1.54. The molecule has 0 radical (unpaired) electrons. The van der Waals surface area contributed by atoms with Crippen LogP contribution in [0.2, 0.25) is 0 Å². The first kappa shape index (κ1) is 10.9. The molecule has 0 bridgehead atoms. The second-order valence-electron chi connectivity index (χ2n) is 3.35. The Labute approximate surface area is 82.8 Å². The van der Waals surface area contributed by atoms with Crippen LogP contribution in [0.3, 0.4) is 0 Å². The standard InChI is InChI=1S/C9H16O3S/c1-12-6-7-13-9(8(10)11)4-2-3-5-9/h2-7H2,1H3,(H,10,11). The highest BCUT2D eigenvalue weighted by molar-refractivity contribution is 8.01. The zero-order chi connectivity index (χ0) is 9.73. The molecule has 0 unspecified atom stereocenters. The first-order valence-corrected chi connectivity index (χ1v) is 5.56. The molecule has 0 aliphatic heterocycles. The molecular formula is C9H16O3S. The van der Waals surface area contributed by atoms with Gasteiger partial charge in [0.2, 0.25) is 0 Å². The van der Waals surface area contributed by atoms with E-state index in [0.29, 0.717) is 6.61 Å². The molecule has 76 valence electrons. The zero-order valence-corrected chi connectivity index (χ0v) is 8.73. The van der Waals surface area contributed by atoms with E-state index in [9.17, 15) is 4.79 Å². The maximum Gasteiger partial charge on any atom is 0.319 e. The average molecular weight is 204 g/mol. The van der Waals surface area contributed by atoms with Crippen LogP contribution in [0.4, 0.5) is 0 Å². The molecule has 3 nitrogen and oxygen atoms in total. The van der Waals surface area contributed by atoms with Gasteiger partial charge in [0, 0.05) is 12.9 Å². The topological polar surface area (TPSA) is 46.5 Å². The monoisotopic (exact) mass is 204 g/mol. The summed E-state index contributed by atoms with van der Waals surface area (Å²) < 4.78 is 4.41. The van der Waals surface area contributed by atoms with Gasteiger partial charge in [-0.15, -0.1) is 11.8 Å². The van der Waals surface area contributed by atoms with E-state index in [4.69, 9.17) is 9.84 Å². The van der Waals surface area contributed by atoms with Gasteiger partial charge in [-0.2, -0.15) is 0 Å². The second kappa shape index (κ2) is 4.86. The molecule has 1 N–H and O–H groups in total. The summed E-state index contributed by atoms with van der Waals surface area (Å²) in [5.41, 5.74) is 0. The van der Waals surface area contributed by atoms with Crippen molar-refractivity contribution in [1.29, 1.82) is 0 Å². The second-order valence-corrected chi connectivity index (χ2v) is 4.83. The highest BCUT2D eigenvalue weighted by Gasteiger charge is 2.41. The van der Waals surface area contributed by atoms with Gasteiger partial charge in [0.15, 0.2) is 0 Å². The Morgan fingerprint density at radius 3 is 2.62 bits per heavy atom. The third-order valence-electron chi connectivity index (χ3n) is 2.47. The average Bonchev–Trinajstić information content (AvgIpc) is 2.55. The molecule has 0 aromatic carbocycles. The molecule has 0 atom stereocenters. The number of methoxy groups -OCH3 is 1. The van der Waals surface area contributed by atoms with Crippen LogP contribution in [0.15, 0.2) is 0 Å². The van der Waals surface area contributed by atoms with Crippen LogP contribution in [0.1, 0.15) is 25.7 Å². The van der Waals surface area contributed by atoms with Gasteiger partial charge in [-0.25, -0.2) is 0 Å². The number of hydrogen-bond acceptors (Lipinski definition) is 3. The number of rotatable bonds is 5. The van der Waals surface area contributed by atoms with Crippen LogP contribution in [0, 0.1) is 0 Å². The minimum absolute atomic E-state index is 0.501. The third-order valence-corrected chi connectivity index (χ3v) is 3.97. The highest BCUT2D eigenvalue weighted by atomic mass is 32.2. The summed E-state index contributed by atoms with van der Waals surface area (Å²) in [4.78, 5) is 11.1. The Bertz CT molecular complexity index is 176. The Morgan fingerprint density at radius 1 is 1.54 bits per heavy atom. The lowest BCUT2D eigenvalue weighted by Crippen LogP contribution is -2.32. The quantitative estimate of drug-likeness (QED) is 0.693. The van der Waals surface area contributed by atoms with E-state index >= 15 is 0 Å². The molecule has 1 saturated carbocycles. The fourth-order valence-corrected chi connectivity index (χ4v) is 3.03. The van der Waals surface area contributed by atoms with Gasteiger partial charge in [-0.3, -0.25) is 4.79 Å². The van der Waals surface area contributed by atoms with Gasteiger partial charge in [-0.1, -0.05) is 12.8 Å². The lowest BCUT2D eigenvalue weighted by molar-refractivity contribution is -0.139. The van der Waals surface area contributed by atoms with Crippen molar-refractivity contribution in [2.75, 3.05) is 19.5 Å². The zero-order valence-electron chi connectivity index (χ0n) is 7.91. The number of hydrogen-bond donors (Lipinski definition) is 1. The number of carboxylic acid groups (broad SMARTS) is 1. The van der Waals surface area contributed by atoms with E-state index in [1.54, 1.807) is 7.11 Å². The Morgan fingerprint density at radius 2 is 2.15 bits per heavy atom. The van der Waals surface area contributed by atoms with Crippen molar-refractivity contribution in [2.24, 2.45) is 0 Å². The van der Waals surface area contributed by atoms with Crippen molar-refractivity contribution in [3.63, 3.8) is 0 Å². The van der Waals surface area contributed by atoms with Crippen LogP contribution < -0.4 is 0 Å². The van der Waals surface area contributed by atoms with Gasteiger partial charge in [0.05, 0.1) is 6.61 Å². The highest BCUT2D eigenvalue weighted by Crippen LogP contribution is 2.41.